The molecule has 1 fully saturated rings. The number of rotatable bonds is 3. The first-order chi connectivity index (χ1) is 13.7. The van der Waals surface area contributed by atoms with Crippen LogP contribution in [0.5, 0.6) is 0 Å². The zero-order valence-electron chi connectivity index (χ0n) is 16.4. The molecule has 2 aliphatic heterocycles. The lowest BCUT2D eigenvalue weighted by atomic mass is 9.97. The Bertz CT molecular complexity index is 860. The van der Waals surface area contributed by atoms with Gasteiger partial charge in [0, 0.05) is 37.4 Å². The lowest BCUT2D eigenvalue weighted by Crippen LogP contribution is -2.54. The summed E-state index contributed by atoms with van der Waals surface area (Å²) in [5, 5.41) is 0. The zero-order chi connectivity index (χ0) is 19.5. The van der Waals surface area contributed by atoms with Crippen LogP contribution in [0.2, 0.25) is 0 Å². The lowest BCUT2D eigenvalue weighted by molar-refractivity contribution is -0.141. The first kappa shape index (κ1) is 18.5. The Morgan fingerprint density at radius 3 is 2.43 bits per heavy atom. The Labute approximate surface area is 166 Å². The van der Waals surface area contributed by atoms with Gasteiger partial charge in [0.15, 0.2) is 0 Å². The number of hydrogen-bond donors (Lipinski definition) is 0. The summed E-state index contributed by atoms with van der Waals surface area (Å²) in [7, 11) is 3.59. The molecule has 0 aliphatic carbocycles. The van der Waals surface area contributed by atoms with Gasteiger partial charge in [-0.2, -0.15) is 0 Å². The molecule has 0 spiro atoms. The molecule has 6 heteroatoms. The number of ether oxygens (including phenoxy) is 1. The summed E-state index contributed by atoms with van der Waals surface area (Å²) in [6.07, 6.45) is 0.273. The second kappa shape index (κ2) is 8.02. The van der Waals surface area contributed by atoms with E-state index >= 15 is 0 Å². The van der Waals surface area contributed by atoms with Crippen molar-refractivity contribution in [2.45, 2.75) is 12.5 Å². The van der Waals surface area contributed by atoms with E-state index in [-0.39, 0.29) is 18.4 Å². The van der Waals surface area contributed by atoms with Crippen molar-refractivity contribution in [1.29, 1.82) is 0 Å². The minimum Gasteiger partial charge on any atom is -0.469 e. The number of piperazine rings is 1. The Morgan fingerprint density at radius 2 is 1.71 bits per heavy atom. The van der Waals surface area contributed by atoms with Crippen molar-refractivity contribution in [2.75, 3.05) is 45.2 Å². The van der Waals surface area contributed by atoms with Crippen LogP contribution < -0.4 is 4.90 Å². The molecule has 1 unspecified atom stereocenters. The van der Waals surface area contributed by atoms with Crippen molar-refractivity contribution < 1.29 is 9.53 Å². The number of benzene rings is 2. The van der Waals surface area contributed by atoms with E-state index in [2.05, 4.69) is 39.9 Å². The minimum absolute atomic E-state index is 0.154. The van der Waals surface area contributed by atoms with Crippen molar-refractivity contribution >= 4 is 23.3 Å². The predicted octanol–water partition coefficient (Wildman–Crippen LogP) is 3.05. The molecule has 146 valence electrons. The summed E-state index contributed by atoms with van der Waals surface area (Å²) in [6, 6.07) is 18.1. The zero-order valence-corrected chi connectivity index (χ0v) is 16.4. The maximum absolute atomic E-state index is 12.3. The maximum Gasteiger partial charge on any atom is 0.307 e. The third kappa shape index (κ3) is 3.60. The summed E-state index contributed by atoms with van der Waals surface area (Å²) < 4.78 is 5.02. The molecule has 0 bridgehead atoms. The molecular weight excluding hydrogens is 352 g/mol. The molecule has 28 heavy (non-hydrogen) atoms. The molecule has 2 aliphatic rings. The van der Waals surface area contributed by atoms with Crippen LogP contribution in [0.1, 0.15) is 18.0 Å². The van der Waals surface area contributed by atoms with Gasteiger partial charge >= 0.3 is 5.97 Å². The number of para-hydroxylation sites is 2. The molecule has 2 heterocycles. The number of aliphatic imine (C=N–C) groups is 1. The van der Waals surface area contributed by atoms with Crippen LogP contribution in [0.25, 0.3) is 0 Å². The normalized spacial score (nSPS) is 19.8. The van der Waals surface area contributed by atoms with E-state index in [1.807, 2.05) is 36.4 Å². The van der Waals surface area contributed by atoms with Gasteiger partial charge in [0.25, 0.3) is 0 Å². The van der Waals surface area contributed by atoms with Crippen LogP contribution in [0.15, 0.2) is 59.6 Å². The number of esters is 1. The van der Waals surface area contributed by atoms with Crippen molar-refractivity contribution in [3.05, 3.63) is 60.2 Å². The molecule has 0 amide bonds. The van der Waals surface area contributed by atoms with Gasteiger partial charge in [0.05, 0.1) is 25.3 Å². The Morgan fingerprint density at radius 1 is 1.04 bits per heavy atom. The third-order valence-corrected chi connectivity index (χ3v) is 5.45. The molecule has 0 saturated carbocycles. The average Bonchev–Trinajstić information content (AvgIpc) is 2.74. The molecule has 0 radical (unpaired) electrons. The fourth-order valence-electron chi connectivity index (χ4n) is 3.87. The van der Waals surface area contributed by atoms with Gasteiger partial charge in [-0.1, -0.05) is 36.4 Å². The summed E-state index contributed by atoms with van der Waals surface area (Å²) in [5.41, 5.74) is 3.01. The highest BCUT2D eigenvalue weighted by Crippen LogP contribution is 2.40. The smallest absolute Gasteiger partial charge is 0.307 e. The summed E-state index contributed by atoms with van der Waals surface area (Å²) in [5.74, 6) is 0.687. The van der Waals surface area contributed by atoms with E-state index < -0.39 is 0 Å². The van der Waals surface area contributed by atoms with Gasteiger partial charge in [-0.3, -0.25) is 4.79 Å². The molecule has 2 aromatic carbocycles. The highest BCUT2D eigenvalue weighted by Gasteiger charge is 2.36. The van der Waals surface area contributed by atoms with Crippen LogP contribution in [0, 0.1) is 0 Å². The van der Waals surface area contributed by atoms with Gasteiger partial charge in [0.1, 0.15) is 0 Å². The highest BCUT2D eigenvalue weighted by atomic mass is 16.5. The number of anilines is 1. The predicted molar refractivity (Wildman–Crippen MR) is 111 cm³/mol. The first-order valence-corrected chi connectivity index (χ1v) is 9.69. The fourth-order valence-corrected chi connectivity index (χ4v) is 3.87. The van der Waals surface area contributed by atoms with Crippen molar-refractivity contribution in [2.24, 2.45) is 4.99 Å². The summed E-state index contributed by atoms with van der Waals surface area (Å²) in [6.45, 7) is 3.80. The van der Waals surface area contributed by atoms with Gasteiger partial charge < -0.3 is 19.4 Å². The third-order valence-electron chi connectivity index (χ3n) is 5.45. The van der Waals surface area contributed by atoms with E-state index in [4.69, 9.17) is 9.73 Å². The van der Waals surface area contributed by atoms with Gasteiger partial charge in [-0.05, 0) is 25.2 Å². The SMILES string of the molecule is COC(=O)CC1c2ccccc2N=C(N2CCN(C)CC2)N1c1ccccc1. The van der Waals surface area contributed by atoms with Crippen LogP contribution in [0.3, 0.4) is 0 Å². The Hall–Kier alpha value is -2.86. The molecular formula is C22H26N4O2. The van der Waals surface area contributed by atoms with E-state index in [0.717, 1.165) is 49.1 Å². The van der Waals surface area contributed by atoms with Crippen molar-refractivity contribution in [3.63, 3.8) is 0 Å². The molecule has 1 atom stereocenters. The number of carbonyl (C=O) groups excluding carboxylic acids is 1. The second-order valence-electron chi connectivity index (χ2n) is 7.26. The van der Waals surface area contributed by atoms with Gasteiger partial charge in [-0.25, -0.2) is 4.99 Å². The number of likely N-dealkylation sites (N-methyl/N-ethyl adjacent to an activating group) is 1. The number of nitrogens with zero attached hydrogens (tertiary/aromatic N) is 4. The van der Waals surface area contributed by atoms with Crippen LogP contribution in [-0.2, 0) is 9.53 Å². The van der Waals surface area contributed by atoms with E-state index in [0.29, 0.717) is 0 Å². The molecule has 2 aromatic rings. The van der Waals surface area contributed by atoms with E-state index in [1.54, 1.807) is 0 Å². The molecule has 4 rings (SSSR count). The quantitative estimate of drug-likeness (QED) is 0.769. The van der Waals surface area contributed by atoms with E-state index in [9.17, 15) is 4.79 Å². The Balaban J connectivity index is 1.81. The fraction of sp³-hybridized carbons (Fsp3) is 0.364. The van der Waals surface area contributed by atoms with Crippen molar-refractivity contribution in [1.82, 2.24) is 9.80 Å². The topological polar surface area (TPSA) is 48.4 Å². The Kier molecular flexibility index (Phi) is 5.30. The van der Waals surface area contributed by atoms with Crippen LogP contribution in [0.4, 0.5) is 11.4 Å². The van der Waals surface area contributed by atoms with Gasteiger partial charge in [-0.15, -0.1) is 0 Å². The second-order valence-corrected chi connectivity index (χ2v) is 7.26. The van der Waals surface area contributed by atoms with Gasteiger partial charge in [0.2, 0.25) is 5.96 Å². The minimum atomic E-state index is -0.222. The monoisotopic (exact) mass is 378 g/mol. The molecule has 1 saturated heterocycles. The average molecular weight is 378 g/mol. The lowest BCUT2D eigenvalue weighted by Gasteiger charge is -2.44. The number of hydrogen-bond acceptors (Lipinski definition) is 6. The first-order valence-electron chi connectivity index (χ1n) is 9.69. The van der Waals surface area contributed by atoms with Crippen molar-refractivity contribution in [3.8, 4) is 0 Å². The largest absolute Gasteiger partial charge is 0.469 e. The number of fused-ring (bicyclic) bond motifs is 1. The summed E-state index contributed by atoms with van der Waals surface area (Å²) in [4.78, 5) is 24.2. The number of guanidine groups is 1. The van der Waals surface area contributed by atoms with E-state index in [1.165, 1.54) is 7.11 Å². The van der Waals surface area contributed by atoms with Crippen LogP contribution >= 0.6 is 0 Å². The molecule has 0 N–H and O–H groups in total. The number of carbonyl (C=O) groups is 1. The van der Waals surface area contributed by atoms with Crippen LogP contribution in [-0.4, -0.2) is 62.1 Å². The molecule has 0 aromatic heterocycles. The summed E-state index contributed by atoms with van der Waals surface area (Å²) >= 11 is 0. The highest BCUT2D eigenvalue weighted by molar-refractivity contribution is 6.01. The maximum atomic E-state index is 12.3. The standard InChI is InChI=1S/C22H26N4O2/c1-24-12-14-25(15-13-24)22-23-19-11-7-6-10-18(19)20(16-21(27)28-2)26(22)17-8-4-3-5-9-17/h3-11,20H,12-16H2,1-2H3. The molecule has 6 nitrogen and oxygen atoms in total. The number of methoxy groups -OCH3 is 1.